The lowest BCUT2D eigenvalue weighted by molar-refractivity contribution is 0.410. The standard InChI is InChI=1S/C13H17N3O2/c1-3-8-16-12(14-15-13(16)17)9-10-6-4-5-7-11(10)18-2/h4-7H,3,8-9H2,1-2H3,(H,15,17). The molecule has 0 saturated heterocycles. The number of hydrogen-bond acceptors (Lipinski definition) is 3. The lowest BCUT2D eigenvalue weighted by Gasteiger charge is -2.08. The molecule has 0 atom stereocenters. The van der Waals surface area contributed by atoms with Crippen molar-refractivity contribution in [1.29, 1.82) is 0 Å². The van der Waals surface area contributed by atoms with Crippen LogP contribution in [-0.4, -0.2) is 21.9 Å². The molecular weight excluding hydrogens is 230 g/mol. The van der Waals surface area contributed by atoms with Gasteiger partial charge in [0.15, 0.2) is 0 Å². The van der Waals surface area contributed by atoms with E-state index in [1.165, 1.54) is 0 Å². The van der Waals surface area contributed by atoms with Crippen LogP contribution in [0.5, 0.6) is 5.75 Å². The Hall–Kier alpha value is -2.04. The molecule has 0 unspecified atom stereocenters. The van der Waals surface area contributed by atoms with Crippen LogP contribution in [0.15, 0.2) is 29.1 Å². The topological polar surface area (TPSA) is 59.9 Å². The molecule has 0 saturated carbocycles. The summed E-state index contributed by atoms with van der Waals surface area (Å²) in [5.74, 6) is 1.56. The van der Waals surface area contributed by atoms with Gasteiger partial charge in [-0.05, 0) is 12.5 Å². The zero-order chi connectivity index (χ0) is 13.0. The van der Waals surface area contributed by atoms with Gasteiger partial charge in [0.05, 0.1) is 7.11 Å². The van der Waals surface area contributed by atoms with Gasteiger partial charge in [-0.3, -0.25) is 4.57 Å². The summed E-state index contributed by atoms with van der Waals surface area (Å²) < 4.78 is 6.97. The molecule has 2 rings (SSSR count). The summed E-state index contributed by atoms with van der Waals surface area (Å²) in [6, 6.07) is 7.76. The number of ether oxygens (including phenoxy) is 1. The average Bonchev–Trinajstić information content (AvgIpc) is 2.73. The predicted octanol–water partition coefficient (Wildman–Crippen LogP) is 1.58. The minimum absolute atomic E-state index is 0.151. The van der Waals surface area contributed by atoms with E-state index in [9.17, 15) is 4.79 Å². The molecule has 1 aromatic heterocycles. The molecule has 0 amide bonds. The van der Waals surface area contributed by atoms with Crippen molar-refractivity contribution in [2.24, 2.45) is 0 Å². The number of nitrogens with zero attached hydrogens (tertiary/aromatic N) is 2. The van der Waals surface area contributed by atoms with Crippen LogP contribution in [0.1, 0.15) is 24.7 Å². The third kappa shape index (κ3) is 2.45. The summed E-state index contributed by atoms with van der Waals surface area (Å²) in [5.41, 5.74) is 0.873. The first-order valence-electron chi connectivity index (χ1n) is 6.02. The quantitative estimate of drug-likeness (QED) is 0.872. The molecule has 0 radical (unpaired) electrons. The smallest absolute Gasteiger partial charge is 0.343 e. The summed E-state index contributed by atoms with van der Waals surface area (Å²) in [5, 5.41) is 6.57. The second-order valence-electron chi connectivity index (χ2n) is 4.09. The molecule has 5 heteroatoms. The monoisotopic (exact) mass is 247 g/mol. The Morgan fingerprint density at radius 1 is 1.39 bits per heavy atom. The predicted molar refractivity (Wildman–Crippen MR) is 68.9 cm³/mol. The molecule has 2 aromatic rings. The molecule has 0 spiro atoms. The highest BCUT2D eigenvalue weighted by molar-refractivity contribution is 5.35. The van der Waals surface area contributed by atoms with Crippen molar-refractivity contribution in [3.8, 4) is 5.75 Å². The van der Waals surface area contributed by atoms with Crippen LogP contribution >= 0.6 is 0 Å². The van der Waals surface area contributed by atoms with Crippen molar-refractivity contribution in [3.63, 3.8) is 0 Å². The van der Waals surface area contributed by atoms with Crippen LogP contribution in [0.3, 0.4) is 0 Å². The van der Waals surface area contributed by atoms with Gasteiger partial charge in [-0.25, -0.2) is 9.89 Å². The Morgan fingerprint density at radius 3 is 2.89 bits per heavy atom. The molecule has 1 heterocycles. The highest BCUT2D eigenvalue weighted by Gasteiger charge is 2.10. The fraction of sp³-hybridized carbons (Fsp3) is 0.385. The third-order valence-corrected chi connectivity index (χ3v) is 2.83. The fourth-order valence-electron chi connectivity index (χ4n) is 1.96. The van der Waals surface area contributed by atoms with Crippen LogP contribution < -0.4 is 10.4 Å². The molecule has 18 heavy (non-hydrogen) atoms. The first kappa shape index (κ1) is 12.4. The van der Waals surface area contributed by atoms with Gasteiger partial charge in [0.25, 0.3) is 0 Å². The van der Waals surface area contributed by atoms with Gasteiger partial charge < -0.3 is 4.74 Å². The average molecular weight is 247 g/mol. The summed E-state index contributed by atoms with van der Waals surface area (Å²) in [6.07, 6.45) is 1.49. The molecule has 5 nitrogen and oxygen atoms in total. The highest BCUT2D eigenvalue weighted by atomic mass is 16.5. The van der Waals surface area contributed by atoms with E-state index in [-0.39, 0.29) is 5.69 Å². The van der Waals surface area contributed by atoms with Crippen LogP contribution in [0, 0.1) is 0 Å². The first-order chi connectivity index (χ1) is 8.76. The van der Waals surface area contributed by atoms with Crippen LogP contribution in [0.2, 0.25) is 0 Å². The van der Waals surface area contributed by atoms with Gasteiger partial charge in [-0.1, -0.05) is 25.1 Å². The van der Waals surface area contributed by atoms with Crippen molar-refractivity contribution in [2.45, 2.75) is 26.3 Å². The number of methoxy groups -OCH3 is 1. The maximum atomic E-state index is 11.6. The van der Waals surface area contributed by atoms with E-state index in [0.717, 1.165) is 23.6 Å². The van der Waals surface area contributed by atoms with Crippen molar-refractivity contribution < 1.29 is 4.74 Å². The first-order valence-corrected chi connectivity index (χ1v) is 6.02. The van der Waals surface area contributed by atoms with E-state index >= 15 is 0 Å². The SMILES string of the molecule is CCCn1c(Cc2ccccc2OC)n[nH]c1=O. The van der Waals surface area contributed by atoms with Gasteiger partial charge >= 0.3 is 5.69 Å². The van der Waals surface area contributed by atoms with E-state index < -0.39 is 0 Å². The Balaban J connectivity index is 2.31. The molecule has 1 aromatic carbocycles. The van der Waals surface area contributed by atoms with Crippen molar-refractivity contribution in [2.75, 3.05) is 7.11 Å². The highest BCUT2D eigenvalue weighted by Crippen LogP contribution is 2.19. The number of rotatable bonds is 5. The van der Waals surface area contributed by atoms with E-state index in [4.69, 9.17) is 4.74 Å². The van der Waals surface area contributed by atoms with Crippen molar-refractivity contribution in [1.82, 2.24) is 14.8 Å². The minimum atomic E-state index is -0.151. The number of nitrogens with one attached hydrogen (secondary N) is 1. The van der Waals surface area contributed by atoms with Gasteiger partial charge in [-0.2, -0.15) is 5.10 Å². The lowest BCUT2D eigenvalue weighted by Crippen LogP contribution is -2.18. The number of aromatic nitrogens is 3. The molecule has 96 valence electrons. The molecule has 0 aliphatic heterocycles. The second-order valence-corrected chi connectivity index (χ2v) is 4.09. The van der Waals surface area contributed by atoms with Crippen molar-refractivity contribution >= 4 is 0 Å². The van der Waals surface area contributed by atoms with Crippen LogP contribution in [0.4, 0.5) is 0 Å². The number of benzene rings is 1. The number of para-hydroxylation sites is 1. The van der Waals surface area contributed by atoms with Gasteiger partial charge in [0.1, 0.15) is 11.6 Å². The molecule has 1 N–H and O–H groups in total. The Morgan fingerprint density at radius 2 is 2.17 bits per heavy atom. The zero-order valence-electron chi connectivity index (χ0n) is 10.6. The number of hydrogen-bond donors (Lipinski definition) is 1. The van der Waals surface area contributed by atoms with Gasteiger partial charge in [0.2, 0.25) is 0 Å². The zero-order valence-corrected chi connectivity index (χ0v) is 10.6. The van der Waals surface area contributed by atoms with Gasteiger partial charge in [-0.15, -0.1) is 0 Å². The number of H-pyrrole nitrogens is 1. The molecule has 0 aliphatic carbocycles. The maximum Gasteiger partial charge on any atom is 0.343 e. The van der Waals surface area contributed by atoms with E-state index in [2.05, 4.69) is 10.2 Å². The largest absolute Gasteiger partial charge is 0.496 e. The number of aromatic amines is 1. The fourth-order valence-corrected chi connectivity index (χ4v) is 1.96. The van der Waals surface area contributed by atoms with Crippen molar-refractivity contribution in [3.05, 3.63) is 46.1 Å². The summed E-state index contributed by atoms with van der Waals surface area (Å²) >= 11 is 0. The maximum absolute atomic E-state index is 11.6. The van der Waals surface area contributed by atoms with Crippen LogP contribution in [-0.2, 0) is 13.0 Å². The normalized spacial score (nSPS) is 10.6. The molecule has 0 aliphatic rings. The Labute approximate surface area is 105 Å². The van der Waals surface area contributed by atoms with E-state index in [1.807, 2.05) is 31.2 Å². The van der Waals surface area contributed by atoms with Gasteiger partial charge in [0, 0.05) is 18.5 Å². The molecule has 0 bridgehead atoms. The summed E-state index contributed by atoms with van der Waals surface area (Å²) in [6.45, 7) is 2.71. The lowest BCUT2D eigenvalue weighted by atomic mass is 10.1. The molecule has 0 fully saturated rings. The second kappa shape index (κ2) is 5.53. The van der Waals surface area contributed by atoms with E-state index in [1.54, 1.807) is 11.7 Å². The summed E-state index contributed by atoms with van der Waals surface area (Å²) in [4.78, 5) is 11.6. The summed E-state index contributed by atoms with van der Waals surface area (Å²) in [7, 11) is 1.64. The Bertz CT molecular complexity index is 572. The minimum Gasteiger partial charge on any atom is -0.496 e. The molecular formula is C13H17N3O2. The third-order valence-electron chi connectivity index (χ3n) is 2.83. The van der Waals surface area contributed by atoms with Crippen LogP contribution in [0.25, 0.3) is 0 Å². The van der Waals surface area contributed by atoms with E-state index in [0.29, 0.717) is 13.0 Å². The Kier molecular flexibility index (Phi) is 3.82.